The standard InChI is InChI=1S/C13H10BrF2NO2S/c14-10-3-1-9(2-4-10)8-17-20(18,19)13-7-11(15)5-6-12(13)16/h1-7,17H,8H2. The minimum atomic E-state index is -4.10. The summed E-state index contributed by atoms with van der Waals surface area (Å²) in [6.45, 7) is -0.00837. The molecule has 106 valence electrons. The molecule has 2 aromatic carbocycles. The Kier molecular flexibility index (Phi) is 4.52. The van der Waals surface area contributed by atoms with Gasteiger partial charge in [0.25, 0.3) is 0 Å². The van der Waals surface area contributed by atoms with Crippen LogP contribution in [0.25, 0.3) is 0 Å². The number of nitrogens with one attached hydrogen (secondary N) is 1. The van der Waals surface area contributed by atoms with Crippen molar-refractivity contribution in [3.8, 4) is 0 Å². The van der Waals surface area contributed by atoms with E-state index in [2.05, 4.69) is 20.7 Å². The average molecular weight is 362 g/mol. The molecule has 2 rings (SSSR count). The molecular weight excluding hydrogens is 352 g/mol. The zero-order valence-electron chi connectivity index (χ0n) is 10.1. The van der Waals surface area contributed by atoms with Gasteiger partial charge in [0.05, 0.1) is 0 Å². The van der Waals surface area contributed by atoms with E-state index in [1.54, 1.807) is 24.3 Å². The molecule has 0 aromatic heterocycles. The van der Waals surface area contributed by atoms with E-state index in [1.165, 1.54) is 0 Å². The van der Waals surface area contributed by atoms with Crippen LogP contribution < -0.4 is 4.72 Å². The monoisotopic (exact) mass is 361 g/mol. The number of benzene rings is 2. The van der Waals surface area contributed by atoms with Gasteiger partial charge >= 0.3 is 0 Å². The fourth-order valence-electron chi connectivity index (χ4n) is 1.54. The lowest BCUT2D eigenvalue weighted by molar-refractivity contribution is 0.545. The predicted octanol–water partition coefficient (Wildman–Crippen LogP) is 3.21. The molecule has 7 heteroatoms. The van der Waals surface area contributed by atoms with Crippen LogP contribution in [0.1, 0.15) is 5.56 Å². The number of rotatable bonds is 4. The smallest absolute Gasteiger partial charge is 0.207 e. The van der Waals surface area contributed by atoms with Crippen LogP contribution in [0.2, 0.25) is 0 Å². The topological polar surface area (TPSA) is 46.2 Å². The van der Waals surface area contributed by atoms with E-state index in [0.717, 1.165) is 16.6 Å². The van der Waals surface area contributed by atoms with Gasteiger partial charge in [-0.15, -0.1) is 0 Å². The molecule has 0 aliphatic carbocycles. The molecule has 0 aliphatic heterocycles. The van der Waals surface area contributed by atoms with Gasteiger partial charge < -0.3 is 0 Å². The second kappa shape index (κ2) is 5.99. The second-order valence-corrected chi connectivity index (χ2v) is 6.68. The zero-order chi connectivity index (χ0) is 14.8. The summed E-state index contributed by atoms with van der Waals surface area (Å²) in [5, 5.41) is 0. The third-order valence-electron chi connectivity index (χ3n) is 2.56. The van der Waals surface area contributed by atoms with Crippen molar-refractivity contribution in [3.05, 3.63) is 64.1 Å². The Bertz CT molecular complexity index is 718. The summed E-state index contributed by atoms with van der Waals surface area (Å²) in [4.78, 5) is -0.699. The third kappa shape index (κ3) is 3.62. The van der Waals surface area contributed by atoms with E-state index in [9.17, 15) is 17.2 Å². The molecule has 0 bridgehead atoms. The van der Waals surface area contributed by atoms with E-state index in [4.69, 9.17) is 0 Å². The fraction of sp³-hybridized carbons (Fsp3) is 0.0769. The maximum absolute atomic E-state index is 13.5. The minimum Gasteiger partial charge on any atom is -0.207 e. The van der Waals surface area contributed by atoms with E-state index in [1.807, 2.05) is 0 Å². The summed E-state index contributed by atoms with van der Waals surface area (Å²) in [7, 11) is -4.10. The molecule has 0 fully saturated rings. The Hall–Kier alpha value is -1.31. The summed E-state index contributed by atoms with van der Waals surface area (Å²) in [6, 6.07) is 9.24. The first-order chi connectivity index (χ1) is 9.38. The van der Waals surface area contributed by atoms with Crippen LogP contribution >= 0.6 is 15.9 Å². The summed E-state index contributed by atoms with van der Waals surface area (Å²) in [5.41, 5.74) is 0.702. The highest BCUT2D eigenvalue weighted by Crippen LogP contribution is 2.16. The van der Waals surface area contributed by atoms with Crippen molar-refractivity contribution in [1.29, 1.82) is 0 Å². The maximum Gasteiger partial charge on any atom is 0.243 e. The molecule has 2 aromatic rings. The van der Waals surface area contributed by atoms with Crippen molar-refractivity contribution in [2.24, 2.45) is 0 Å². The first-order valence-electron chi connectivity index (χ1n) is 5.58. The van der Waals surface area contributed by atoms with Crippen LogP contribution in [0.4, 0.5) is 8.78 Å². The number of halogens is 3. The van der Waals surface area contributed by atoms with E-state index in [-0.39, 0.29) is 6.54 Å². The van der Waals surface area contributed by atoms with E-state index in [0.29, 0.717) is 11.6 Å². The molecule has 0 heterocycles. The van der Waals surface area contributed by atoms with Gasteiger partial charge in [0.2, 0.25) is 10.0 Å². The Morgan fingerprint density at radius 2 is 1.70 bits per heavy atom. The van der Waals surface area contributed by atoms with Crippen molar-refractivity contribution in [3.63, 3.8) is 0 Å². The SMILES string of the molecule is O=S(=O)(NCc1ccc(Br)cc1)c1cc(F)ccc1F. The predicted molar refractivity (Wildman–Crippen MR) is 74.5 cm³/mol. The molecule has 1 N–H and O–H groups in total. The average Bonchev–Trinajstić information content (AvgIpc) is 2.41. The Balaban J connectivity index is 2.19. The Morgan fingerprint density at radius 3 is 2.35 bits per heavy atom. The van der Waals surface area contributed by atoms with Crippen molar-refractivity contribution in [1.82, 2.24) is 4.72 Å². The van der Waals surface area contributed by atoms with Gasteiger partial charge in [0.15, 0.2) is 0 Å². The van der Waals surface area contributed by atoms with Crippen LogP contribution in [0, 0.1) is 11.6 Å². The van der Waals surface area contributed by atoms with Crippen molar-refractivity contribution < 1.29 is 17.2 Å². The van der Waals surface area contributed by atoms with Crippen molar-refractivity contribution in [2.75, 3.05) is 0 Å². The van der Waals surface area contributed by atoms with Gasteiger partial charge in [-0.1, -0.05) is 28.1 Å². The molecule has 0 saturated heterocycles. The first kappa shape index (κ1) is 15.1. The molecular formula is C13H10BrF2NO2S. The van der Waals surface area contributed by atoms with Gasteiger partial charge in [-0.25, -0.2) is 21.9 Å². The van der Waals surface area contributed by atoms with Gasteiger partial charge in [0, 0.05) is 11.0 Å². The second-order valence-electron chi connectivity index (χ2n) is 4.03. The molecule has 0 atom stereocenters. The van der Waals surface area contributed by atoms with Crippen LogP contribution in [-0.2, 0) is 16.6 Å². The van der Waals surface area contributed by atoms with Crippen LogP contribution in [-0.4, -0.2) is 8.42 Å². The summed E-state index contributed by atoms with van der Waals surface area (Å²) >= 11 is 3.26. The Labute approximate surface area is 123 Å². The molecule has 20 heavy (non-hydrogen) atoms. The quantitative estimate of drug-likeness (QED) is 0.908. The van der Waals surface area contributed by atoms with Gasteiger partial charge in [-0.2, -0.15) is 0 Å². The Morgan fingerprint density at radius 1 is 1.05 bits per heavy atom. The zero-order valence-corrected chi connectivity index (χ0v) is 12.5. The lowest BCUT2D eigenvalue weighted by Crippen LogP contribution is -2.24. The molecule has 0 unspecified atom stereocenters. The molecule has 0 amide bonds. The van der Waals surface area contributed by atoms with Gasteiger partial charge in [-0.05, 0) is 35.9 Å². The fourth-order valence-corrected chi connectivity index (χ4v) is 2.91. The lowest BCUT2D eigenvalue weighted by Gasteiger charge is -2.08. The summed E-state index contributed by atoms with van der Waals surface area (Å²) < 4.78 is 53.4. The molecule has 3 nitrogen and oxygen atoms in total. The number of hydrogen-bond donors (Lipinski definition) is 1. The van der Waals surface area contributed by atoms with Crippen molar-refractivity contribution >= 4 is 26.0 Å². The van der Waals surface area contributed by atoms with Crippen LogP contribution in [0.5, 0.6) is 0 Å². The third-order valence-corrected chi connectivity index (χ3v) is 4.51. The highest BCUT2D eigenvalue weighted by atomic mass is 79.9. The molecule has 0 spiro atoms. The number of hydrogen-bond acceptors (Lipinski definition) is 2. The minimum absolute atomic E-state index is 0.00837. The highest BCUT2D eigenvalue weighted by Gasteiger charge is 2.19. The molecule has 0 radical (unpaired) electrons. The van der Waals surface area contributed by atoms with E-state index >= 15 is 0 Å². The molecule has 0 saturated carbocycles. The number of sulfonamides is 1. The summed E-state index contributed by atoms with van der Waals surface area (Å²) in [5.74, 6) is -1.80. The normalized spacial score (nSPS) is 11.6. The van der Waals surface area contributed by atoms with E-state index < -0.39 is 26.6 Å². The largest absolute Gasteiger partial charge is 0.243 e. The van der Waals surface area contributed by atoms with Crippen LogP contribution in [0.3, 0.4) is 0 Å². The van der Waals surface area contributed by atoms with Gasteiger partial charge in [0.1, 0.15) is 16.5 Å². The van der Waals surface area contributed by atoms with Crippen molar-refractivity contribution in [2.45, 2.75) is 11.4 Å². The van der Waals surface area contributed by atoms with Crippen LogP contribution in [0.15, 0.2) is 51.8 Å². The van der Waals surface area contributed by atoms with Gasteiger partial charge in [-0.3, -0.25) is 0 Å². The lowest BCUT2D eigenvalue weighted by atomic mass is 10.2. The molecule has 0 aliphatic rings. The first-order valence-corrected chi connectivity index (χ1v) is 7.85. The highest BCUT2D eigenvalue weighted by molar-refractivity contribution is 9.10. The summed E-state index contributed by atoms with van der Waals surface area (Å²) in [6.07, 6.45) is 0. The maximum atomic E-state index is 13.5.